The summed E-state index contributed by atoms with van der Waals surface area (Å²) in [4.78, 5) is 0. The van der Waals surface area contributed by atoms with Gasteiger partial charge in [-0.05, 0) is 24.7 Å². The molecule has 0 aromatic heterocycles. The van der Waals surface area contributed by atoms with Gasteiger partial charge in [-0.15, -0.1) is 0 Å². The monoisotopic (exact) mass is 215 g/mol. The molecule has 0 saturated carbocycles. The molecule has 0 aliphatic rings. The van der Waals surface area contributed by atoms with E-state index in [1.165, 1.54) is 6.07 Å². The fraction of sp³-hybridized carbons (Fsp3) is 0.455. The Morgan fingerprint density at radius 3 is 2.60 bits per heavy atom. The molecule has 15 heavy (non-hydrogen) atoms. The van der Waals surface area contributed by atoms with E-state index in [9.17, 15) is 8.78 Å². The highest BCUT2D eigenvalue weighted by Crippen LogP contribution is 2.18. The number of benzene rings is 1. The lowest BCUT2D eigenvalue weighted by molar-refractivity contribution is 0.178. The normalized spacial score (nSPS) is 12.8. The molecule has 0 aliphatic heterocycles. The summed E-state index contributed by atoms with van der Waals surface area (Å²) in [7, 11) is 3.39. The van der Waals surface area contributed by atoms with Crippen LogP contribution in [0.25, 0.3) is 0 Å². The van der Waals surface area contributed by atoms with E-state index >= 15 is 0 Å². The molecule has 1 rings (SSSR count). The predicted octanol–water partition coefficient (Wildman–Crippen LogP) is 1.91. The molecule has 1 aromatic carbocycles. The maximum atomic E-state index is 13.0. The molecule has 1 atom stereocenters. The van der Waals surface area contributed by atoms with E-state index < -0.39 is 11.6 Å². The van der Waals surface area contributed by atoms with Crippen LogP contribution < -0.4 is 5.32 Å². The highest BCUT2D eigenvalue weighted by atomic mass is 19.2. The summed E-state index contributed by atoms with van der Waals surface area (Å²) in [6, 6.07) is 3.94. The minimum atomic E-state index is -0.820. The van der Waals surface area contributed by atoms with Gasteiger partial charge in [-0.1, -0.05) is 6.07 Å². The number of hydrogen-bond donors (Lipinski definition) is 1. The van der Waals surface area contributed by atoms with Crippen LogP contribution in [0.5, 0.6) is 0 Å². The molecule has 0 bridgehead atoms. The fourth-order valence-corrected chi connectivity index (χ4v) is 1.49. The predicted molar refractivity (Wildman–Crippen MR) is 54.9 cm³/mol. The van der Waals surface area contributed by atoms with Gasteiger partial charge in [0.25, 0.3) is 0 Å². The maximum Gasteiger partial charge on any atom is 0.159 e. The van der Waals surface area contributed by atoms with Crippen molar-refractivity contribution < 1.29 is 13.5 Å². The maximum absolute atomic E-state index is 13.0. The van der Waals surface area contributed by atoms with Gasteiger partial charge < -0.3 is 10.1 Å². The molecule has 1 N–H and O–H groups in total. The van der Waals surface area contributed by atoms with Crippen LogP contribution in [0.3, 0.4) is 0 Å². The van der Waals surface area contributed by atoms with Gasteiger partial charge >= 0.3 is 0 Å². The molecule has 0 heterocycles. The lowest BCUT2D eigenvalue weighted by Crippen LogP contribution is -2.21. The van der Waals surface area contributed by atoms with Crippen molar-refractivity contribution in [3.8, 4) is 0 Å². The Morgan fingerprint density at radius 1 is 1.33 bits per heavy atom. The zero-order chi connectivity index (χ0) is 11.3. The first-order valence-corrected chi connectivity index (χ1v) is 4.77. The topological polar surface area (TPSA) is 21.3 Å². The van der Waals surface area contributed by atoms with Crippen LogP contribution >= 0.6 is 0 Å². The first-order valence-electron chi connectivity index (χ1n) is 4.77. The summed E-state index contributed by atoms with van der Waals surface area (Å²) in [5.41, 5.74) is 0.741. The fourth-order valence-electron chi connectivity index (χ4n) is 1.49. The number of rotatable bonds is 5. The van der Waals surface area contributed by atoms with Crippen molar-refractivity contribution in [3.63, 3.8) is 0 Å². The van der Waals surface area contributed by atoms with Gasteiger partial charge in [0.2, 0.25) is 0 Å². The number of nitrogens with one attached hydrogen (secondary N) is 1. The molecule has 0 fully saturated rings. The van der Waals surface area contributed by atoms with Crippen molar-refractivity contribution in [2.75, 3.05) is 27.3 Å². The van der Waals surface area contributed by atoms with Gasteiger partial charge in [0.1, 0.15) is 0 Å². The molecule has 1 unspecified atom stereocenters. The molecule has 0 spiro atoms. The number of likely N-dealkylation sites (N-methyl/N-ethyl adjacent to an activating group) is 1. The summed E-state index contributed by atoms with van der Waals surface area (Å²) in [6.45, 7) is 1.14. The van der Waals surface area contributed by atoms with E-state index in [2.05, 4.69) is 5.32 Å². The van der Waals surface area contributed by atoms with E-state index in [1.54, 1.807) is 13.2 Å². The van der Waals surface area contributed by atoms with Crippen LogP contribution in [-0.2, 0) is 4.74 Å². The average molecular weight is 215 g/mol. The Labute approximate surface area is 88.3 Å². The third-order valence-electron chi connectivity index (χ3n) is 2.23. The largest absolute Gasteiger partial charge is 0.384 e. The minimum absolute atomic E-state index is 0.0371. The second-order valence-corrected chi connectivity index (χ2v) is 3.38. The molecule has 0 aliphatic carbocycles. The smallest absolute Gasteiger partial charge is 0.159 e. The van der Waals surface area contributed by atoms with Crippen LogP contribution in [0.4, 0.5) is 8.78 Å². The lowest BCUT2D eigenvalue weighted by Gasteiger charge is -2.16. The number of halogens is 2. The molecule has 1 aromatic rings. The second-order valence-electron chi connectivity index (χ2n) is 3.38. The van der Waals surface area contributed by atoms with Crippen LogP contribution in [0.2, 0.25) is 0 Å². The van der Waals surface area contributed by atoms with E-state index in [-0.39, 0.29) is 5.92 Å². The zero-order valence-corrected chi connectivity index (χ0v) is 8.89. The summed E-state index contributed by atoms with van der Waals surface area (Å²) >= 11 is 0. The molecule has 0 amide bonds. The van der Waals surface area contributed by atoms with Gasteiger partial charge in [0.15, 0.2) is 11.6 Å². The van der Waals surface area contributed by atoms with Gasteiger partial charge in [0.05, 0.1) is 6.61 Å². The molecular formula is C11H15F2NO. The molecular weight excluding hydrogens is 200 g/mol. The summed E-state index contributed by atoms with van der Waals surface area (Å²) < 4.78 is 30.7. The van der Waals surface area contributed by atoms with Crippen molar-refractivity contribution >= 4 is 0 Å². The van der Waals surface area contributed by atoms with E-state index in [0.29, 0.717) is 13.2 Å². The highest BCUT2D eigenvalue weighted by Gasteiger charge is 2.12. The van der Waals surface area contributed by atoms with Crippen LogP contribution in [-0.4, -0.2) is 27.3 Å². The zero-order valence-electron chi connectivity index (χ0n) is 8.89. The van der Waals surface area contributed by atoms with E-state index in [4.69, 9.17) is 4.74 Å². The summed E-state index contributed by atoms with van der Waals surface area (Å²) in [5.74, 6) is -1.60. The molecule has 84 valence electrons. The summed E-state index contributed by atoms with van der Waals surface area (Å²) in [6.07, 6.45) is 0. The van der Waals surface area contributed by atoms with Crippen molar-refractivity contribution in [2.24, 2.45) is 0 Å². The molecule has 0 radical (unpaired) electrons. The number of methoxy groups -OCH3 is 1. The number of hydrogen-bond acceptors (Lipinski definition) is 2. The molecule has 4 heteroatoms. The Balaban J connectivity index is 2.85. The van der Waals surface area contributed by atoms with Crippen molar-refractivity contribution in [2.45, 2.75) is 5.92 Å². The third kappa shape index (κ3) is 3.25. The van der Waals surface area contributed by atoms with Crippen molar-refractivity contribution in [1.82, 2.24) is 5.32 Å². The second kappa shape index (κ2) is 5.78. The SMILES string of the molecule is CNCC(COC)c1ccc(F)c(F)c1. The van der Waals surface area contributed by atoms with Gasteiger partial charge in [-0.25, -0.2) is 8.78 Å². The van der Waals surface area contributed by atoms with Crippen LogP contribution in [0.15, 0.2) is 18.2 Å². The molecule has 0 saturated heterocycles. The average Bonchev–Trinajstić information content (AvgIpc) is 2.22. The van der Waals surface area contributed by atoms with Crippen LogP contribution in [0.1, 0.15) is 11.5 Å². The first-order chi connectivity index (χ1) is 7.19. The van der Waals surface area contributed by atoms with E-state index in [0.717, 1.165) is 11.6 Å². The van der Waals surface area contributed by atoms with Gasteiger partial charge in [-0.3, -0.25) is 0 Å². The van der Waals surface area contributed by atoms with E-state index in [1.807, 2.05) is 7.05 Å². The van der Waals surface area contributed by atoms with Crippen molar-refractivity contribution in [1.29, 1.82) is 0 Å². The lowest BCUT2D eigenvalue weighted by atomic mass is 10.00. The third-order valence-corrected chi connectivity index (χ3v) is 2.23. The van der Waals surface area contributed by atoms with Crippen LogP contribution in [0, 0.1) is 11.6 Å². The quantitative estimate of drug-likeness (QED) is 0.810. The van der Waals surface area contributed by atoms with Crippen molar-refractivity contribution in [3.05, 3.63) is 35.4 Å². The first kappa shape index (κ1) is 12.1. The Hall–Kier alpha value is -1.00. The minimum Gasteiger partial charge on any atom is -0.384 e. The standard InChI is InChI=1S/C11H15F2NO/c1-14-6-9(7-15-2)8-3-4-10(12)11(13)5-8/h3-5,9,14H,6-7H2,1-2H3. The molecule has 2 nitrogen and oxygen atoms in total. The summed E-state index contributed by atoms with van der Waals surface area (Å²) in [5, 5.41) is 2.99. The Kier molecular flexibility index (Phi) is 4.65. The van der Waals surface area contributed by atoms with Gasteiger partial charge in [-0.2, -0.15) is 0 Å². The highest BCUT2D eigenvalue weighted by molar-refractivity contribution is 5.22. The number of ether oxygens (including phenoxy) is 1. The van der Waals surface area contributed by atoms with Gasteiger partial charge in [0, 0.05) is 19.6 Å². The Morgan fingerprint density at radius 2 is 2.07 bits per heavy atom. The Bertz CT molecular complexity index is 311.